The van der Waals surface area contributed by atoms with Crippen LogP contribution in [-0.2, 0) is 4.79 Å². The molecule has 0 fully saturated rings. The van der Waals surface area contributed by atoms with Gasteiger partial charge in [0.25, 0.3) is 0 Å². The zero-order valence-electron chi connectivity index (χ0n) is 7.74. The first-order valence-electron chi connectivity index (χ1n) is 4.05. The lowest BCUT2D eigenvalue weighted by molar-refractivity contribution is -0.104. The quantitative estimate of drug-likeness (QED) is 0.565. The van der Waals surface area contributed by atoms with Gasteiger partial charge in [0.15, 0.2) is 0 Å². The van der Waals surface area contributed by atoms with Gasteiger partial charge in [-0.2, -0.15) is 0 Å². The van der Waals surface area contributed by atoms with Crippen LogP contribution in [0.2, 0.25) is 0 Å². The number of nitrogens with zero attached hydrogens (tertiary/aromatic N) is 1. The second kappa shape index (κ2) is 4.40. The summed E-state index contributed by atoms with van der Waals surface area (Å²) >= 11 is 0. The lowest BCUT2D eigenvalue weighted by Gasteiger charge is -2.04. The summed E-state index contributed by atoms with van der Waals surface area (Å²) in [4.78, 5) is 14.4. The van der Waals surface area contributed by atoms with Gasteiger partial charge in [0.2, 0.25) is 0 Å². The minimum absolute atomic E-state index is 0.748. The molecule has 3 heteroatoms. The van der Waals surface area contributed by atoms with Gasteiger partial charge in [-0.15, -0.1) is 0 Å². The second-order valence-electron chi connectivity index (χ2n) is 2.77. The molecule has 1 aromatic rings. The second-order valence-corrected chi connectivity index (χ2v) is 2.77. The van der Waals surface area contributed by atoms with E-state index in [0.717, 1.165) is 23.5 Å². The molecule has 0 aromatic carbocycles. The maximum absolute atomic E-state index is 10.1. The molecule has 13 heavy (non-hydrogen) atoms. The highest BCUT2D eigenvalue weighted by Gasteiger charge is 1.93. The minimum Gasteiger partial charge on any atom is -0.344 e. The third-order valence-corrected chi connectivity index (χ3v) is 1.53. The molecule has 0 aliphatic carbocycles. The third-order valence-electron chi connectivity index (χ3n) is 1.53. The lowest BCUT2D eigenvalue weighted by atomic mass is 10.3. The van der Waals surface area contributed by atoms with Crippen LogP contribution in [0.1, 0.15) is 12.6 Å². The summed E-state index contributed by atoms with van der Waals surface area (Å²) in [6, 6.07) is 5.69. The van der Waals surface area contributed by atoms with Crippen LogP contribution in [0.3, 0.4) is 0 Å². The van der Waals surface area contributed by atoms with Crippen LogP contribution < -0.4 is 5.32 Å². The van der Waals surface area contributed by atoms with Gasteiger partial charge in [-0.1, -0.05) is 6.07 Å². The molecule has 1 rings (SSSR count). The largest absolute Gasteiger partial charge is 0.344 e. The number of anilines is 1. The third kappa shape index (κ3) is 3.07. The standard InChI is InChI=1S/C10H12N2O/c1-8-4-3-5-10(11-8)12-9(2)6-7-13/h3-7H,1-2H3,(H,11,12)/b9-6-. The number of carbonyl (C=O) groups excluding carboxylic acids is 1. The molecule has 0 saturated carbocycles. The van der Waals surface area contributed by atoms with Crippen molar-refractivity contribution < 1.29 is 4.79 Å². The normalized spacial score (nSPS) is 11.1. The van der Waals surface area contributed by atoms with Crippen molar-refractivity contribution in [3.05, 3.63) is 35.7 Å². The van der Waals surface area contributed by atoms with E-state index in [1.807, 2.05) is 32.0 Å². The maximum Gasteiger partial charge on any atom is 0.144 e. The van der Waals surface area contributed by atoms with E-state index < -0.39 is 0 Å². The summed E-state index contributed by atoms with van der Waals surface area (Å²) in [5.41, 5.74) is 1.73. The SMILES string of the molecule is C/C(=C/C=O)Nc1cccc(C)n1. The molecule has 3 nitrogen and oxygen atoms in total. The van der Waals surface area contributed by atoms with Crippen molar-refractivity contribution >= 4 is 12.1 Å². The summed E-state index contributed by atoms with van der Waals surface area (Å²) in [5.74, 6) is 0.760. The van der Waals surface area contributed by atoms with Gasteiger partial charge in [0.05, 0.1) is 0 Å². The number of hydrogen-bond acceptors (Lipinski definition) is 3. The van der Waals surface area contributed by atoms with Gasteiger partial charge in [0.1, 0.15) is 12.1 Å². The lowest BCUT2D eigenvalue weighted by Crippen LogP contribution is -1.98. The number of pyridine rings is 1. The highest BCUT2D eigenvalue weighted by Crippen LogP contribution is 2.06. The van der Waals surface area contributed by atoms with E-state index in [1.165, 1.54) is 6.08 Å². The Balaban J connectivity index is 2.74. The molecule has 0 spiro atoms. The van der Waals surface area contributed by atoms with Crippen molar-refractivity contribution in [3.63, 3.8) is 0 Å². The van der Waals surface area contributed by atoms with Crippen LogP contribution in [0, 0.1) is 6.92 Å². The monoisotopic (exact) mass is 176 g/mol. The Hall–Kier alpha value is -1.64. The predicted octanol–water partition coefficient (Wildman–Crippen LogP) is 1.90. The van der Waals surface area contributed by atoms with E-state index in [1.54, 1.807) is 0 Å². The van der Waals surface area contributed by atoms with E-state index in [-0.39, 0.29) is 0 Å². The molecule has 1 aromatic heterocycles. The summed E-state index contributed by atoms with van der Waals surface area (Å²) in [5, 5.41) is 3.00. The molecule has 0 atom stereocenters. The smallest absolute Gasteiger partial charge is 0.144 e. The fourth-order valence-electron chi connectivity index (χ4n) is 0.958. The molecular formula is C10H12N2O. The van der Waals surface area contributed by atoms with Crippen molar-refractivity contribution in [1.29, 1.82) is 0 Å². The average Bonchev–Trinajstić information content (AvgIpc) is 2.04. The van der Waals surface area contributed by atoms with Crippen LogP contribution in [-0.4, -0.2) is 11.3 Å². The summed E-state index contributed by atoms with van der Waals surface area (Å²) < 4.78 is 0. The Morgan fingerprint density at radius 2 is 2.31 bits per heavy atom. The van der Waals surface area contributed by atoms with E-state index in [0.29, 0.717) is 0 Å². The number of aldehydes is 1. The average molecular weight is 176 g/mol. The number of allylic oxidation sites excluding steroid dienone is 2. The number of rotatable bonds is 3. The number of aromatic nitrogens is 1. The molecule has 0 unspecified atom stereocenters. The van der Waals surface area contributed by atoms with E-state index in [2.05, 4.69) is 10.3 Å². The predicted molar refractivity (Wildman–Crippen MR) is 52.4 cm³/mol. The van der Waals surface area contributed by atoms with Crippen LogP contribution in [0.15, 0.2) is 30.0 Å². The maximum atomic E-state index is 10.1. The highest BCUT2D eigenvalue weighted by molar-refractivity contribution is 5.67. The molecule has 1 N–H and O–H groups in total. The number of hydrogen-bond donors (Lipinski definition) is 1. The number of aryl methyl sites for hydroxylation is 1. The molecular weight excluding hydrogens is 164 g/mol. The van der Waals surface area contributed by atoms with E-state index in [9.17, 15) is 4.79 Å². The van der Waals surface area contributed by atoms with Crippen LogP contribution in [0.25, 0.3) is 0 Å². The molecule has 0 aliphatic heterocycles. The first-order chi connectivity index (χ1) is 6.22. The van der Waals surface area contributed by atoms with Crippen molar-refractivity contribution in [3.8, 4) is 0 Å². The highest BCUT2D eigenvalue weighted by atomic mass is 16.1. The van der Waals surface area contributed by atoms with E-state index in [4.69, 9.17) is 0 Å². The van der Waals surface area contributed by atoms with Crippen molar-refractivity contribution in [2.24, 2.45) is 0 Å². The van der Waals surface area contributed by atoms with Gasteiger partial charge < -0.3 is 5.32 Å². The van der Waals surface area contributed by atoms with Gasteiger partial charge in [-0.05, 0) is 32.1 Å². The van der Waals surface area contributed by atoms with Crippen molar-refractivity contribution in [1.82, 2.24) is 4.98 Å². The van der Waals surface area contributed by atoms with Crippen molar-refractivity contribution in [2.45, 2.75) is 13.8 Å². The first kappa shape index (κ1) is 9.45. The van der Waals surface area contributed by atoms with Gasteiger partial charge >= 0.3 is 0 Å². The zero-order chi connectivity index (χ0) is 9.68. The summed E-state index contributed by atoms with van der Waals surface area (Å²) in [6.45, 7) is 3.74. The minimum atomic E-state index is 0.748. The van der Waals surface area contributed by atoms with Crippen LogP contribution in [0.5, 0.6) is 0 Å². The molecule has 0 amide bonds. The van der Waals surface area contributed by atoms with E-state index >= 15 is 0 Å². The fourth-order valence-corrected chi connectivity index (χ4v) is 0.958. The van der Waals surface area contributed by atoms with Gasteiger partial charge in [-0.25, -0.2) is 4.98 Å². The Bertz CT molecular complexity index is 331. The van der Waals surface area contributed by atoms with Gasteiger partial charge in [-0.3, -0.25) is 4.79 Å². The van der Waals surface area contributed by atoms with Crippen LogP contribution >= 0.6 is 0 Å². The Morgan fingerprint density at radius 1 is 1.54 bits per heavy atom. The van der Waals surface area contributed by atoms with Crippen LogP contribution in [0.4, 0.5) is 5.82 Å². The first-order valence-corrected chi connectivity index (χ1v) is 4.05. The number of carbonyl (C=O) groups is 1. The molecule has 0 saturated heterocycles. The topological polar surface area (TPSA) is 42.0 Å². The van der Waals surface area contributed by atoms with Crippen molar-refractivity contribution in [2.75, 3.05) is 5.32 Å². The fraction of sp³-hybridized carbons (Fsp3) is 0.200. The Morgan fingerprint density at radius 3 is 2.92 bits per heavy atom. The zero-order valence-corrected chi connectivity index (χ0v) is 7.74. The molecule has 68 valence electrons. The Labute approximate surface area is 77.5 Å². The Kier molecular flexibility index (Phi) is 3.20. The molecule has 0 aliphatic rings. The molecule has 0 bridgehead atoms. The number of nitrogens with one attached hydrogen (secondary N) is 1. The molecule has 1 heterocycles. The summed E-state index contributed by atoms with van der Waals surface area (Å²) in [6.07, 6.45) is 2.21. The summed E-state index contributed by atoms with van der Waals surface area (Å²) in [7, 11) is 0. The molecule has 0 radical (unpaired) electrons. The van der Waals surface area contributed by atoms with Gasteiger partial charge in [0, 0.05) is 11.4 Å².